The van der Waals surface area contributed by atoms with Crippen LogP contribution in [0.3, 0.4) is 0 Å². The Bertz CT molecular complexity index is 467. The van der Waals surface area contributed by atoms with Gasteiger partial charge in [0.25, 0.3) is 0 Å². The number of carbonyl (C=O) groups is 2. The van der Waals surface area contributed by atoms with Crippen LogP contribution in [0, 0.1) is 5.92 Å². The Morgan fingerprint density at radius 1 is 0.920 bits per heavy atom. The summed E-state index contributed by atoms with van der Waals surface area (Å²) < 4.78 is 5.36. The summed E-state index contributed by atoms with van der Waals surface area (Å²) in [6.07, 6.45) is 3.97. The highest BCUT2D eigenvalue weighted by Crippen LogP contribution is 2.20. The van der Waals surface area contributed by atoms with Crippen molar-refractivity contribution >= 4 is 11.8 Å². The average Bonchev–Trinajstić information content (AvgIpc) is 3.21. The quantitative estimate of drug-likeness (QED) is 0.764. The molecule has 3 rings (SSSR count). The smallest absolute Gasteiger partial charge is 0.239 e. The fourth-order valence-corrected chi connectivity index (χ4v) is 4.17. The second-order valence-electron chi connectivity index (χ2n) is 7.55. The molecule has 2 amide bonds. The second kappa shape index (κ2) is 8.47. The number of ether oxygens (including phenoxy) is 1. The number of hydrogen-bond donors (Lipinski definition) is 1. The molecular formula is C18H32N4O3. The maximum Gasteiger partial charge on any atom is 0.239 e. The summed E-state index contributed by atoms with van der Waals surface area (Å²) in [5.41, 5.74) is 6.23. The van der Waals surface area contributed by atoms with Crippen molar-refractivity contribution in [3.8, 4) is 0 Å². The topological polar surface area (TPSA) is 79.1 Å². The van der Waals surface area contributed by atoms with Crippen molar-refractivity contribution in [3.63, 3.8) is 0 Å². The standard InChI is InChI=1S/C18H32N4O3/c1-14(17(23)21-6-2-3-7-21)20-8-10-22(11-9-20)18(24)16(19)15-4-12-25-13-5-15/h14-16H,2-13,19H2,1H3. The van der Waals surface area contributed by atoms with E-state index in [4.69, 9.17) is 10.5 Å². The predicted molar refractivity (Wildman–Crippen MR) is 94.9 cm³/mol. The molecule has 142 valence electrons. The highest BCUT2D eigenvalue weighted by molar-refractivity contribution is 5.83. The van der Waals surface area contributed by atoms with Crippen LogP contribution in [0.5, 0.6) is 0 Å². The lowest BCUT2D eigenvalue weighted by Crippen LogP contribution is -2.58. The summed E-state index contributed by atoms with van der Waals surface area (Å²) in [6, 6.07) is -0.515. The highest BCUT2D eigenvalue weighted by atomic mass is 16.5. The minimum atomic E-state index is -0.417. The lowest BCUT2D eigenvalue weighted by atomic mass is 9.91. The van der Waals surface area contributed by atoms with Crippen LogP contribution in [0.4, 0.5) is 0 Å². The first-order valence-electron chi connectivity index (χ1n) is 9.73. The van der Waals surface area contributed by atoms with Crippen LogP contribution in [-0.2, 0) is 14.3 Å². The fourth-order valence-electron chi connectivity index (χ4n) is 4.17. The van der Waals surface area contributed by atoms with Crippen molar-refractivity contribution in [2.24, 2.45) is 11.7 Å². The third-order valence-corrected chi connectivity index (χ3v) is 6.01. The molecule has 0 saturated carbocycles. The van der Waals surface area contributed by atoms with Gasteiger partial charge < -0.3 is 20.3 Å². The zero-order valence-electron chi connectivity index (χ0n) is 15.4. The Morgan fingerprint density at radius 2 is 1.48 bits per heavy atom. The molecule has 0 bridgehead atoms. The van der Waals surface area contributed by atoms with Gasteiger partial charge >= 0.3 is 0 Å². The Morgan fingerprint density at radius 3 is 2.08 bits per heavy atom. The molecule has 3 saturated heterocycles. The monoisotopic (exact) mass is 352 g/mol. The van der Waals surface area contributed by atoms with Gasteiger partial charge in [0.1, 0.15) is 0 Å². The zero-order valence-corrected chi connectivity index (χ0v) is 15.4. The third kappa shape index (κ3) is 4.33. The molecule has 7 heteroatoms. The van der Waals surface area contributed by atoms with E-state index in [0.29, 0.717) is 26.3 Å². The number of likely N-dealkylation sites (tertiary alicyclic amines) is 1. The van der Waals surface area contributed by atoms with Gasteiger partial charge in [-0.2, -0.15) is 0 Å². The summed E-state index contributed by atoms with van der Waals surface area (Å²) in [4.78, 5) is 31.3. The van der Waals surface area contributed by atoms with Crippen LogP contribution in [0.15, 0.2) is 0 Å². The van der Waals surface area contributed by atoms with Crippen molar-refractivity contribution in [2.45, 2.75) is 44.7 Å². The number of rotatable bonds is 4. The molecule has 3 heterocycles. The highest BCUT2D eigenvalue weighted by Gasteiger charge is 2.34. The molecule has 3 aliphatic rings. The van der Waals surface area contributed by atoms with E-state index in [2.05, 4.69) is 4.90 Å². The molecular weight excluding hydrogens is 320 g/mol. The molecule has 0 aromatic carbocycles. The maximum absolute atomic E-state index is 12.7. The summed E-state index contributed by atoms with van der Waals surface area (Å²) in [5, 5.41) is 0. The molecule has 0 aromatic rings. The molecule has 0 radical (unpaired) electrons. The molecule has 0 aliphatic carbocycles. The molecule has 2 atom stereocenters. The van der Waals surface area contributed by atoms with E-state index < -0.39 is 6.04 Å². The van der Waals surface area contributed by atoms with Gasteiger partial charge in [-0.05, 0) is 38.5 Å². The van der Waals surface area contributed by atoms with Gasteiger partial charge in [0.15, 0.2) is 0 Å². The first-order valence-corrected chi connectivity index (χ1v) is 9.73. The van der Waals surface area contributed by atoms with Gasteiger partial charge in [0.2, 0.25) is 11.8 Å². The largest absolute Gasteiger partial charge is 0.381 e. The average molecular weight is 352 g/mol. The molecule has 3 aliphatic heterocycles. The van der Waals surface area contributed by atoms with E-state index in [-0.39, 0.29) is 23.8 Å². The van der Waals surface area contributed by atoms with E-state index in [0.717, 1.165) is 51.9 Å². The number of amides is 2. The van der Waals surface area contributed by atoms with E-state index >= 15 is 0 Å². The molecule has 2 N–H and O–H groups in total. The number of hydrogen-bond acceptors (Lipinski definition) is 5. The summed E-state index contributed by atoms with van der Waals surface area (Å²) in [6.45, 7) is 7.99. The van der Waals surface area contributed by atoms with E-state index in [1.165, 1.54) is 0 Å². The molecule has 25 heavy (non-hydrogen) atoms. The van der Waals surface area contributed by atoms with Gasteiger partial charge in [-0.1, -0.05) is 0 Å². The fraction of sp³-hybridized carbons (Fsp3) is 0.889. The molecule has 2 unspecified atom stereocenters. The normalized spacial score (nSPS) is 25.8. The summed E-state index contributed by atoms with van der Waals surface area (Å²) >= 11 is 0. The Kier molecular flexibility index (Phi) is 6.30. The number of piperazine rings is 1. The van der Waals surface area contributed by atoms with Gasteiger partial charge in [-0.3, -0.25) is 14.5 Å². The molecule has 7 nitrogen and oxygen atoms in total. The Hall–Kier alpha value is -1.18. The van der Waals surface area contributed by atoms with Crippen molar-refractivity contribution < 1.29 is 14.3 Å². The van der Waals surface area contributed by atoms with Crippen molar-refractivity contribution in [2.75, 3.05) is 52.5 Å². The third-order valence-electron chi connectivity index (χ3n) is 6.01. The first-order chi connectivity index (χ1) is 12.1. The van der Waals surface area contributed by atoms with Gasteiger partial charge in [0, 0.05) is 52.5 Å². The number of nitrogens with two attached hydrogens (primary N) is 1. The zero-order chi connectivity index (χ0) is 17.8. The SMILES string of the molecule is CC(C(=O)N1CCCC1)N1CCN(C(=O)C(N)C2CCOCC2)CC1. The molecule has 0 spiro atoms. The second-order valence-corrected chi connectivity index (χ2v) is 7.55. The van der Waals surface area contributed by atoms with Gasteiger partial charge in [-0.25, -0.2) is 0 Å². The molecule has 3 fully saturated rings. The van der Waals surface area contributed by atoms with Gasteiger partial charge in [0.05, 0.1) is 12.1 Å². The minimum Gasteiger partial charge on any atom is -0.381 e. The number of carbonyl (C=O) groups excluding carboxylic acids is 2. The minimum absolute atomic E-state index is 0.0603. The van der Waals surface area contributed by atoms with E-state index in [1.54, 1.807) is 0 Å². The van der Waals surface area contributed by atoms with Crippen molar-refractivity contribution in [3.05, 3.63) is 0 Å². The summed E-state index contributed by atoms with van der Waals surface area (Å²) in [5.74, 6) is 0.524. The van der Waals surface area contributed by atoms with Crippen LogP contribution >= 0.6 is 0 Å². The van der Waals surface area contributed by atoms with Crippen LogP contribution in [0.25, 0.3) is 0 Å². The van der Waals surface area contributed by atoms with Crippen LogP contribution in [-0.4, -0.2) is 91.1 Å². The van der Waals surface area contributed by atoms with Crippen molar-refractivity contribution in [1.29, 1.82) is 0 Å². The molecule has 0 aromatic heterocycles. The summed E-state index contributed by atoms with van der Waals surface area (Å²) in [7, 11) is 0. The Balaban J connectivity index is 1.47. The van der Waals surface area contributed by atoms with Crippen molar-refractivity contribution in [1.82, 2.24) is 14.7 Å². The lowest BCUT2D eigenvalue weighted by Gasteiger charge is -2.40. The van der Waals surface area contributed by atoms with E-state index in [1.807, 2.05) is 16.7 Å². The first kappa shape index (κ1) is 18.6. The Labute approximate surface area is 150 Å². The predicted octanol–water partition coefficient (Wildman–Crippen LogP) is -0.105. The van der Waals surface area contributed by atoms with Crippen LogP contribution in [0.1, 0.15) is 32.6 Å². The van der Waals surface area contributed by atoms with Crippen LogP contribution < -0.4 is 5.73 Å². The lowest BCUT2D eigenvalue weighted by molar-refractivity contribution is -0.139. The maximum atomic E-state index is 12.7. The van der Waals surface area contributed by atoms with E-state index in [9.17, 15) is 9.59 Å². The van der Waals surface area contributed by atoms with Crippen LogP contribution in [0.2, 0.25) is 0 Å². The number of nitrogens with zero attached hydrogens (tertiary/aromatic N) is 3. The van der Waals surface area contributed by atoms with Gasteiger partial charge in [-0.15, -0.1) is 0 Å².